The third-order valence-corrected chi connectivity index (χ3v) is 9.02. The number of fused-ring (bicyclic) bond motifs is 1. The Morgan fingerprint density at radius 3 is 2.25 bits per heavy atom. The highest BCUT2D eigenvalue weighted by atomic mass is 16.5. The molecule has 0 aromatic carbocycles. The first-order chi connectivity index (χ1) is 11.5. The molecule has 3 fully saturated rings. The minimum Gasteiger partial charge on any atom is -0.384 e. The second kappa shape index (κ2) is 7.29. The van der Waals surface area contributed by atoms with Crippen LogP contribution in [-0.2, 0) is 4.74 Å². The summed E-state index contributed by atoms with van der Waals surface area (Å²) in [6, 6.07) is 0. The highest BCUT2D eigenvalue weighted by Crippen LogP contribution is 2.64. The molecule has 0 spiro atoms. The fraction of sp³-hybridized carbons (Fsp3) is 1.00. The molecule has 3 aliphatic carbocycles. The molecule has 24 heavy (non-hydrogen) atoms. The van der Waals surface area contributed by atoms with E-state index in [-0.39, 0.29) is 0 Å². The van der Waals surface area contributed by atoms with Crippen molar-refractivity contribution in [3.63, 3.8) is 0 Å². The van der Waals surface area contributed by atoms with Gasteiger partial charge in [0.25, 0.3) is 0 Å². The van der Waals surface area contributed by atoms with Crippen LogP contribution in [0.5, 0.6) is 0 Å². The van der Waals surface area contributed by atoms with Gasteiger partial charge >= 0.3 is 0 Å². The summed E-state index contributed by atoms with van der Waals surface area (Å²) in [7, 11) is 1.94. The second-order valence-corrected chi connectivity index (χ2v) is 10.2. The van der Waals surface area contributed by atoms with Gasteiger partial charge in [-0.2, -0.15) is 0 Å². The quantitative estimate of drug-likeness (QED) is 0.543. The van der Waals surface area contributed by atoms with E-state index in [0.29, 0.717) is 10.8 Å². The lowest BCUT2D eigenvalue weighted by Crippen LogP contribution is -2.49. The summed E-state index contributed by atoms with van der Waals surface area (Å²) in [5.74, 6) is 4.74. The smallest absolute Gasteiger partial charge is 0.0521 e. The van der Waals surface area contributed by atoms with Crippen molar-refractivity contribution >= 4 is 0 Å². The average molecular weight is 335 g/mol. The molecule has 3 saturated carbocycles. The molecule has 3 rings (SSSR count). The Kier molecular flexibility index (Phi) is 5.70. The van der Waals surface area contributed by atoms with Crippen molar-refractivity contribution in [2.45, 2.75) is 91.9 Å². The largest absolute Gasteiger partial charge is 0.384 e. The topological polar surface area (TPSA) is 9.23 Å². The van der Waals surface area contributed by atoms with E-state index in [2.05, 4.69) is 27.7 Å². The van der Waals surface area contributed by atoms with Crippen LogP contribution in [0, 0.1) is 40.4 Å². The molecule has 0 amide bonds. The predicted molar refractivity (Wildman–Crippen MR) is 103 cm³/mol. The molecule has 0 aliphatic heterocycles. The van der Waals surface area contributed by atoms with Crippen LogP contribution in [-0.4, -0.2) is 13.7 Å². The van der Waals surface area contributed by atoms with Crippen LogP contribution in [0.4, 0.5) is 0 Å². The average Bonchev–Trinajstić information content (AvgIpc) is 2.87. The van der Waals surface area contributed by atoms with Crippen molar-refractivity contribution < 1.29 is 4.74 Å². The van der Waals surface area contributed by atoms with Crippen molar-refractivity contribution in [1.82, 2.24) is 0 Å². The Morgan fingerprint density at radius 1 is 0.917 bits per heavy atom. The van der Waals surface area contributed by atoms with E-state index in [1.807, 2.05) is 7.11 Å². The van der Waals surface area contributed by atoms with Crippen molar-refractivity contribution in [2.24, 2.45) is 40.4 Å². The first-order valence-electron chi connectivity index (χ1n) is 11.0. The summed E-state index contributed by atoms with van der Waals surface area (Å²) in [5, 5.41) is 0. The Morgan fingerprint density at radius 2 is 1.62 bits per heavy atom. The van der Waals surface area contributed by atoms with Crippen molar-refractivity contribution in [3.05, 3.63) is 0 Å². The van der Waals surface area contributed by atoms with Gasteiger partial charge in [-0.3, -0.25) is 0 Å². The predicted octanol–water partition coefficient (Wildman–Crippen LogP) is 6.71. The first-order valence-corrected chi connectivity index (χ1v) is 11.0. The third-order valence-electron chi connectivity index (χ3n) is 9.02. The lowest BCUT2D eigenvalue weighted by atomic mass is 9.50. The van der Waals surface area contributed by atoms with Gasteiger partial charge in [0.15, 0.2) is 0 Å². The van der Waals surface area contributed by atoms with Crippen molar-refractivity contribution in [1.29, 1.82) is 0 Å². The molecule has 0 saturated heterocycles. The third kappa shape index (κ3) is 3.08. The van der Waals surface area contributed by atoms with Gasteiger partial charge in [0.2, 0.25) is 0 Å². The van der Waals surface area contributed by atoms with Crippen LogP contribution in [0.25, 0.3) is 0 Å². The van der Waals surface area contributed by atoms with E-state index in [1.165, 1.54) is 64.2 Å². The molecule has 0 heterocycles. The minimum atomic E-state index is 0.494. The van der Waals surface area contributed by atoms with E-state index in [0.717, 1.165) is 36.2 Å². The molecule has 5 atom stereocenters. The van der Waals surface area contributed by atoms with E-state index >= 15 is 0 Å². The van der Waals surface area contributed by atoms with E-state index < -0.39 is 0 Å². The van der Waals surface area contributed by atoms with Gasteiger partial charge < -0.3 is 4.74 Å². The fourth-order valence-electron chi connectivity index (χ4n) is 7.29. The molecule has 1 nitrogen and oxygen atoms in total. The SMILES string of the molecule is CCCC1C(C2(COC)CCC(C)CC2)CCC2(C)C(C)CCC12. The molecule has 0 radical (unpaired) electrons. The zero-order valence-corrected chi connectivity index (χ0v) is 17.1. The van der Waals surface area contributed by atoms with Crippen molar-refractivity contribution in [3.8, 4) is 0 Å². The maximum absolute atomic E-state index is 5.86. The van der Waals surface area contributed by atoms with Crippen LogP contribution in [0.15, 0.2) is 0 Å². The summed E-state index contributed by atoms with van der Waals surface area (Å²) >= 11 is 0. The summed E-state index contributed by atoms with van der Waals surface area (Å²) in [4.78, 5) is 0. The normalized spacial score (nSPS) is 49.1. The van der Waals surface area contributed by atoms with Gasteiger partial charge in [-0.05, 0) is 78.9 Å². The monoisotopic (exact) mass is 334 g/mol. The lowest BCUT2D eigenvalue weighted by Gasteiger charge is -2.56. The van der Waals surface area contributed by atoms with Crippen LogP contribution in [0.2, 0.25) is 0 Å². The number of rotatable bonds is 5. The molecule has 1 heteroatoms. The molecule has 0 N–H and O–H groups in total. The van der Waals surface area contributed by atoms with Crippen LogP contribution < -0.4 is 0 Å². The number of methoxy groups -OCH3 is 1. The maximum Gasteiger partial charge on any atom is 0.0521 e. The summed E-state index contributed by atoms with van der Waals surface area (Å²) in [6.45, 7) is 11.1. The van der Waals surface area contributed by atoms with Gasteiger partial charge in [-0.15, -0.1) is 0 Å². The Balaban J connectivity index is 1.87. The molecule has 0 aromatic heterocycles. The maximum atomic E-state index is 5.86. The highest BCUT2D eigenvalue weighted by molar-refractivity contribution is 5.05. The standard InChI is InChI=1S/C23H42O/c1-6-7-19-20-9-8-18(3)22(20,4)13-12-21(19)23(16-24-5)14-10-17(2)11-15-23/h17-21H,6-16H2,1-5H3. The minimum absolute atomic E-state index is 0.494. The van der Waals surface area contributed by atoms with Crippen molar-refractivity contribution in [2.75, 3.05) is 13.7 Å². The summed E-state index contributed by atoms with van der Waals surface area (Å²) in [5.41, 5.74) is 1.13. The Bertz CT molecular complexity index is 408. The zero-order valence-electron chi connectivity index (χ0n) is 17.1. The molecular formula is C23H42O. The van der Waals surface area contributed by atoms with Gasteiger partial charge in [0.1, 0.15) is 0 Å². The second-order valence-electron chi connectivity index (χ2n) is 10.2. The van der Waals surface area contributed by atoms with Crippen LogP contribution >= 0.6 is 0 Å². The molecular weight excluding hydrogens is 292 g/mol. The molecule has 3 aliphatic rings. The summed E-state index contributed by atoms with van der Waals surface area (Å²) in [6.07, 6.45) is 14.4. The number of ether oxygens (including phenoxy) is 1. The molecule has 0 bridgehead atoms. The van der Waals surface area contributed by atoms with E-state index in [1.54, 1.807) is 0 Å². The number of hydrogen-bond donors (Lipinski definition) is 0. The van der Waals surface area contributed by atoms with E-state index in [9.17, 15) is 0 Å². The van der Waals surface area contributed by atoms with Gasteiger partial charge in [0, 0.05) is 7.11 Å². The molecule has 140 valence electrons. The molecule has 0 aromatic rings. The van der Waals surface area contributed by atoms with Gasteiger partial charge in [-0.1, -0.05) is 53.4 Å². The number of hydrogen-bond acceptors (Lipinski definition) is 1. The van der Waals surface area contributed by atoms with Gasteiger partial charge in [-0.25, -0.2) is 0 Å². The molecule has 5 unspecified atom stereocenters. The highest BCUT2D eigenvalue weighted by Gasteiger charge is 2.56. The van der Waals surface area contributed by atoms with E-state index in [4.69, 9.17) is 4.74 Å². The Hall–Kier alpha value is -0.0400. The first kappa shape index (κ1) is 18.7. The summed E-state index contributed by atoms with van der Waals surface area (Å²) < 4.78 is 5.86. The van der Waals surface area contributed by atoms with Crippen LogP contribution in [0.1, 0.15) is 91.9 Å². The van der Waals surface area contributed by atoms with Crippen LogP contribution in [0.3, 0.4) is 0 Å². The lowest BCUT2D eigenvalue weighted by molar-refractivity contribution is -0.0926. The van der Waals surface area contributed by atoms with Gasteiger partial charge in [0.05, 0.1) is 6.61 Å². The Labute approximate surface area is 151 Å². The fourth-order valence-corrected chi connectivity index (χ4v) is 7.29. The zero-order chi connectivity index (χ0) is 17.4.